The van der Waals surface area contributed by atoms with Gasteiger partial charge in [0.05, 0.1) is 17.4 Å². The molecule has 0 saturated heterocycles. The number of carboxylic acid groups (broad SMARTS) is 1. The summed E-state index contributed by atoms with van der Waals surface area (Å²) in [5.74, 6) is -0.929. The Bertz CT molecular complexity index is 683. The Kier molecular flexibility index (Phi) is 6.81. The van der Waals surface area contributed by atoms with E-state index in [1.165, 1.54) is 6.20 Å². The topological polar surface area (TPSA) is 84.2 Å². The lowest BCUT2D eigenvalue weighted by atomic mass is 10.1. The van der Waals surface area contributed by atoms with E-state index in [2.05, 4.69) is 10.4 Å². The predicted molar refractivity (Wildman–Crippen MR) is 91.6 cm³/mol. The molecule has 1 amide bonds. The second-order valence-electron chi connectivity index (χ2n) is 5.46. The molecule has 24 heavy (non-hydrogen) atoms. The first kappa shape index (κ1) is 18.0. The Morgan fingerprint density at radius 3 is 2.54 bits per heavy atom. The van der Waals surface area contributed by atoms with Crippen LogP contribution in [-0.4, -0.2) is 33.3 Å². The van der Waals surface area contributed by atoms with Crippen LogP contribution in [0.5, 0.6) is 0 Å². The smallest absolute Gasteiger partial charge is 0.303 e. The van der Waals surface area contributed by atoms with Crippen molar-refractivity contribution < 1.29 is 14.7 Å². The number of aromatic nitrogens is 2. The van der Waals surface area contributed by atoms with Gasteiger partial charge in [0, 0.05) is 24.2 Å². The van der Waals surface area contributed by atoms with Gasteiger partial charge in [-0.15, -0.1) is 0 Å². The third-order valence-electron chi connectivity index (χ3n) is 3.54. The van der Waals surface area contributed by atoms with Crippen molar-refractivity contribution in [3.05, 3.63) is 47.2 Å². The second kappa shape index (κ2) is 9.08. The Morgan fingerprint density at radius 1 is 1.12 bits per heavy atom. The van der Waals surface area contributed by atoms with Gasteiger partial charge < -0.3 is 10.4 Å². The molecule has 0 aliphatic heterocycles. The number of unbranched alkanes of at least 4 members (excludes halogenated alkanes) is 3. The highest BCUT2D eigenvalue weighted by Crippen LogP contribution is 2.13. The molecule has 2 N–H and O–H groups in total. The van der Waals surface area contributed by atoms with E-state index < -0.39 is 5.97 Å². The molecule has 2 aromatic rings. The number of carbonyl (C=O) groups is 2. The highest BCUT2D eigenvalue weighted by Gasteiger charge is 2.08. The minimum atomic E-state index is -0.763. The van der Waals surface area contributed by atoms with Crippen LogP contribution in [0.2, 0.25) is 5.02 Å². The number of benzene rings is 1. The van der Waals surface area contributed by atoms with E-state index in [-0.39, 0.29) is 12.3 Å². The summed E-state index contributed by atoms with van der Waals surface area (Å²) < 4.78 is 1.62. The second-order valence-corrected chi connectivity index (χ2v) is 5.90. The van der Waals surface area contributed by atoms with Crippen LogP contribution in [0.3, 0.4) is 0 Å². The van der Waals surface area contributed by atoms with Gasteiger partial charge in [-0.3, -0.25) is 9.59 Å². The Hall–Kier alpha value is -2.34. The number of nitrogens with zero attached hydrogens (tertiary/aromatic N) is 2. The van der Waals surface area contributed by atoms with E-state index in [1.807, 2.05) is 12.1 Å². The van der Waals surface area contributed by atoms with Crippen molar-refractivity contribution in [2.24, 2.45) is 0 Å². The van der Waals surface area contributed by atoms with Crippen LogP contribution in [0.15, 0.2) is 36.7 Å². The summed E-state index contributed by atoms with van der Waals surface area (Å²) in [5, 5.41) is 16.2. The SMILES string of the molecule is O=C(O)CCCCCCNC(=O)c1cnn(-c2ccc(Cl)cc2)c1. The van der Waals surface area contributed by atoms with Crippen molar-refractivity contribution in [2.45, 2.75) is 32.1 Å². The van der Waals surface area contributed by atoms with Gasteiger partial charge >= 0.3 is 5.97 Å². The van der Waals surface area contributed by atoms with Gasteiger partial charge in [0.2, 0.25) is 0 Å². The van der Waals surface area contributed by atoms with Gasteiger partial charge in [-0.2, -0.15) is 5.10 Å². The number of rotatable bonds is 9. The summed E-state index contributed by atoms with van der Waals surface area (Å²) in [7, 11) is 0. The fourth-order valence-corrected chi connectivity index (χ4v) is 2.36. The zero-order chi connectivity index (χ0) is 17.4. The number of aliphatic carboxylic acids is 1. The van der Waals surface area contributed by atoms with Gasteiger partial charge in [0.15, 0.2) is 0 Å². The lowest BCUT2D eigenvalue weighted by Gasteiger charge is -2.03. The normalized spacial score (nSPS) is 10.5. The number of nitrogens with one attached hydrogen (secondary N) is 1. The highest BCUT2D eigenvalue weighted by molar-refractivity contribution is 6.30. The summed E-state index contributed by atoms with van der Waals surface area (Å²) in [6.45, 7) is 0.567. The summed E-state index contributed by atoms with van der Waals surface area (Å²) in [4.78, 5) is 22.4. The highest BCUT2D eigenvalue weighted by atomic mass is 35.5. The molecule has 1 heterocycles. The molecule has 0 unspecified atom stereocenters. The van der Waals surface area contributed by atoms with Crippen LogP contribution in [-0.2, 0) is 4.79 Å². The summed E-state index contributed by atoms with van der Waals surface area (Å²) in [5.41, 5.74) is 1.33. The maximum Gasteiger partial charge on any atom is 0.303 e. The van der Waals surface area contributed by atoms with Crippen molar-refractivity contribution in [1.82, 2.24) is 15.1 Å². The zero-order valence-electron chi connectivity index (χ0n) is 13.2. The molecular weight excluding hydrogens is 330 g/mol. The number of halogens is 1. The summed E-state index contributed by atoms with van der Waals surface area (Å²) >= 11 is 5.85. The Balaban J connectivity index is 1.73. The quantitative estimate of drug-likeness (QED) is 0.680. The molecule has 1 aromatic carbocycles. The molecule has 0 saturated carbocycles. The van der Waals surface area contributed by atoms with Crippen LogP contribution in [0, 0.1) is 0 Å². The molecule has 0 radical (unpaired) electrons. The van der Waals surface area contributed by atoms with E-state index in [9.17, 15) is 9.59 Å². The van der Waals surface area contributed by atoms with E-state index in [0.717, 1.165) is 24.9 Å². The van der Waals surface area contributed by atoms with Gasteiger partial charge in [-0.1, -0.05) is 24.4 Å². The molecule has 128 valence electrons. The van der Waals surface area contributed by atoms with Gasteiger partial charge in [-0.05, 0) is 37.1 Å². The van der Waals surface area contributed by atoms with Crippen molar-refractivity contribution in [3.63, 3.8) is 0 Å². The minimum Gasteiger partial charge on any atom is -0.481 e. The number of hydrogen-bond donors (Lipinski definition) is 2. The Morgan fingerprint density at radius 2 is 1.83 bits per heavy atom. The monoisotopic (exact) mass is 349 g/mol. The standard InChI is InChI=1S/C17H20ClN3O3/c18-14-6-8-15(9-7-14)21-12-13(11-20-21)17(24)19-10-4-2-1-3-5-16(22)23/h6-9,11-12H,1-5,10H2,(H,19,24)(H,22,23). The Labute approximate surface area is 145 Å². The number of amides is 1. The molecule has 0 fully saturated rings. The molecule has 0 aliphatic rings. The maximum absolute atomic E-state index is 12.1. The van der Waals surface area contributed by atoms with E-state index >= 15 is 0 Å². The molecule has 0 atom stereocenters. The molecule has 0 spiro atoms. The zero-order valence-corrected chi connectivity index (χ0v) is 14.0. The largest absolute Gasteiger partial charge is 0.481 e. The first-order chi connectivity index (χ1) is 11.6. The number of carbonyl (C=O) groups excluding carboxylic acids is 1. The van der Waals surface area contributed by atoms with E-state index in [4.69, 9.17) is 16.7 Å². The molecular formula is C17H20ClN3O3. The third kappa shape index (κ3) is 5.70. The number of carboxylic acids is 1. The summed E-state index contributed by atoms with van der Waals surface area (Å²) in [6, 6.07) is 7.19. The van der Waals surface area contributed by atoms with E-state index in [1.54, 1.807) is 23.0 Å². The predicted octanol–water partition coefficient (Wildman–Crippen LogP) is 3.29. The van der Waals surface area contributed by atoms with Gasteiger partial charge in [0.1, 0.15) is 0 Å². The fourth-order valence-electron chi connectivity index (χ4n) is 2.23. The van der Waals surface area contributed by atoms with Gasteiger partial charge in [0.25, 0.3) is 5.91 Å². The van der Waals surface area contributed by atoms with Crippen LogP contribution in [0.25, 0.3) is 5.69 Å². The van der Waals surface area contributed by atoms with Crippen molar-refractivity contribution in [1.29, 1.82) is 0 Å². The third-order valence-corrected chi connectivity index (χ3v) is 3.79. The lowest BCUT2D eigenvalue weighted by Crippen LogP contribution is -2.24. The minimum absolute atomic E-state index is 0.166. The average molecular weight is 350 g/mol. The van der Waals surface area contributed by atoms with Crippen molar-refractivity contribution >= 4 is 23.5 Å². The van der Waals surface area contributed by atoms with Crippen LogP contribution >= 0.6 is 11.6 Å². The van der Waals surface area contributed by atoms with E-state index in [0.29, 0.717) is 23.6 Å². The maximum atomic E-state index is 12.1. The molecule has 0 aliphatic carbocycles. The van der Waals surface area contributed by atoms with Crippen molar-refractivity contribution in [3.8, 4) is 5.69 Å². The first-order valence-corrected chi connectivity index (χ1v) is 8.24. The number of hydrogen-bond acceptors (Lipinski definition) is 3. The molecule has 2 rings (SSSR count). The molecule has 7 heteroatoms. The van der Waals surface area contributed by atoms with Crippen LogP contribution in [0.4, 0.5) is 0 Å². The first-order valence-electron chi connectivity index (χ1n) is 7.87. The molecule has 0 bridgehead atoms. The summed E-state index contributed by atoms with van der Waals surface area (Å²) in [6.07, 6.45) is 6.67. The molecule has 6 nitrogen and oxygen atoms in total. The average Bonchev–Trinajstić information content (AvgIpc) is 3.04. The van der Waals surface area contributed by atoms with Gasteiger partial charge in [-0.25, -0.2) is 4.68 Å². The molecule has 1 aromatic heterocycles. The van der Waals surface area contributed by atoms with Crippen molar-refractivity contribution in [2.75, 3.05) is 6.54 Å². The van der Waals surface area contributed by atoms with Crippen LogP contribution in [0.1, 0.15) is 42.5 Å². The lowest BCUT2D eigenvalue weighted by molar-refractivity contribution is -0.137. The fraction of sp³-hybridized carbons (Fsp3) is 0.353. The van der Waals surface area contributed by atoms with Crippen LogP contribution < -0.4 is 5.32 Å².